The molecule has 1 saturated carbocycles. The Morgan fingerprint density at radius 2 is 2.08 bits per heavy atom. The van der Waals surface area contributed by atoms with E-state index in [1.165, 1.54) is 6.92 Å². The van der Waals surface area contributed by atoms with Crippen LogP contribution < -0.4 is 0 Å². The fourth-order valence-electron chi connectivity index (χ4n) is 1.86. The Hall–Kier alpha value is -1.05. The predicted molar refractivity (Wildman–Crippen MR) is 52.2 cm³/mol. The number of carbonyl (C=O) groups excluding carboxylic acids is 1. The Morgan fingerprint density at radius 3 is 2.54 bits per heavy atom. The van der Waals surface area contributed by atoms with E-state index in [9.17, 15) is 4.79 Å². The molecule has 2 nitrogen and oxygen atoms in total. The fourth-order valence-corrected chi connectivity index (χ4v) is 1.86. The summed E-state index contributed by atoms with van der Waals surface area (Å²) < 4.78 is 5.19. The molecule has 1 aliphatic rings. The molecule has 0 spiro atoms. The molecule has 0 aromatic heterocycles. The van der Waals surface area contributed by atoms with Gasteiger partial charge in [-0.1, -0.05) is 12.2 Å². The van der Waals surface area contributed by atoms with Crippen LogP contribution in [0.2, 0.25) is 0 Å². The largest absolute Gasteiger partial charge is 0.462 e. The molecule has 0 radical (unpaired) electrons. The van der Waals surface area contributed by atoms with Crippen molar-refractivity contribution >= 4 is 5.97 Å². The van der Waals surface area contributed by atoms with E-state index in [2.05, 4.69) is 13.2 Å². The Kier molecular flexibility index (Phi) is 3.29. The molecule has 0 aliphatic heterocycles. The molecule has 0 heterocycles. The van der Waals surface area contributed by atoms with E-state index in [4.69, 9.17) is 4.74 Å². The Labute approximate surface area is 79.3 Å². The van der Waals surface area contributed by atoms with Gasteiger partial charge in [-0.15, -0.1) is 13.2 Å². The van der Waals surface area contributed by atoms with Gasteiger partial charge >= 0.3 is 5.97 Å². The zero-order chi connectivity index (χ0) is 9.84. The van der Waals surface area contributed by atoms with Gasteiger partial charge < -0.3 is 4.74 Å². The third-order valence-corrected chi connectivity index (χ3v) is 2.54. The summed E-state index contributed by atoms with van der Waals surface area (Å²) >= 11 is 0. The molecule has 72 valence electrons. The zero-order valence-electron chi connectivity index (χ0n) is 8.03. The topological polar surface area (TPSA) is 26.3 Å². The second-order valence-electron chi connectivity index (χ2n) is 3.51. The molecule has 1 aliphatic carbocycles. The van der Waals surface area contributed by atoms with Crippen LogP contribution in [0.15, 0.2) is 25.3 Å². The van der Waals surface area contributed by atoms with Gasteiger partial charge in [-0.2, -0.15) is 0 Å². The van der Waals surface area contributed by atoms with Crippen LogP contribution >= 0.6 is 0 Å². The standard InChI is InChI=1S/C11H16O2/c1-4-9-6-10(5-2)11(7-9)13-8(3)12/h4-5,9-11H,1-2,6-7H2,3H3/t9-,10+,11?/m0/s1. The molecular formula is C11H16O2. The lowest BCUT2D eigenvalue weighted by Crippen LogP contribution is -2.19. The second-order valence-corrected chi connectivity index (χ2v) is 3.51. The maximum Gasteiger partial charge on any atom is 0.302 e. The summed E-state index contributed by atoms with van der Waals surface area (Å²) in [7, 11) is 0. The number of hydrogen-bond acceptors (Lipinski definition) is 2. The number of ether oxygens (including phenoxy) is 1. The minimum absolute atomic E-state index is 0.0120. The summed E-state index contributed by atoms with van der Waals surface area (Å²) in [5.74, 6) is 0.556. The second kappa shape index (κ2) is 4.26. The van der Waals surface area contributed by atoms with Gasteiger partial charge in [0.2, 0.25) is 0 Å². The van der Waals surface area contributed by atoms with Crippen molar-refractivity contribution < 1.29 is 9.53 Å². The van der Waals surface area contributed by atoms with Gasteiger partial charge in [-0.3, -0.25) is 4.79 Å². The lowest BCUT2D eigenvalue weighted by atomic mass is 10.0. The first-order chi connectivity index (χ1) is 6.17. The van der Waals surface area contributed by atoms with Gasteiger partial charge in [0.1, 0.15) is 6.10 Å². The average molecular weight is 180 g/mol. The van der Waals surface area contributed by atoms with Crippen LogP contribution in [-0.2, 0) is 9.53 Å². The van der Waals surface area contributed by atoms with E-state index in [0.717, 1.165) is 12.8 Å². The minimum atomic E-state index is -0.207. The normalized spacial score (nSPS) is 32.5. The predicted octanol–water partition coefficient (Wildman–Crippen LogP) is 2.32. The van der Waals surface area contributed by atoms with Crippen molar-refractivity contribution in [2.45, 2.75) is 25.9 Å². The molecule has 1 fully saturated rings. The van der Waals surface area contributed by atoms with E-state index in [1.54, 1.807) is 0 Å². The molecule has 2 heteroatoms. The van der Waals surface area contributed by atoms with Crippen molar-refractivity contribution in [2.24, 2.45) is 11.8 Å². The highest BCUT2D eigenvalue weighted by Crippen LogP contribution is 2.34. The maximum absolute atomic E-state index is 10.8. The van der Waals surface area contributed by atoms with Gasteiger partial charge in [0.15, 0.2) is 0 Å². The number of hydrogen-bond donors (Lipinski definition) is 0. The molecule has 13 heavy (non-hydrogen) atoms. The van der Waals surface area contributed by atoms with Crippen LogP contribution in [-0.4, -0.2) is 12.1 Å². The van der Waals surface area contributed by atoms with Crippen LogP contribution in [0.1, 0.15) is 19.8 Å². The number of rotatable bonds is 3. The van der Waals surface area contributed by atoms with E-state index >= 15 is 0 Å². The third-order valence-electron chi connectivity index (χ3n) is 2.54. The van der Waals surface area contributed by atoms with Crippen molar-refractivity contribution in [3.05, 3.63) is 25.3 Å². The highest BCUT2D eigenvalue weighted by atomic mass is 16.5. The number of allylic oxidation sites excluding steroid dienone is 1. The van der Waals surface area contributed by atoms with Crippen LogP contribution in [0.3, 0.4) is 0 Å². The molecule has 1 unspecified atom stereocenters. The summed E-state index contributed by atoms with van der Waals surface area (Å²) in [5.41, 5.74) is 0. The molecule has 0 saturated heterocycles. The van der Waals surface area contributed by atoms with Crippen molar-refractivity contribution in [3.8, 4) is 0 Å². The highest BCUT2D eigenvalue weighted by Gasteiger charge is 2.32. The van der Waals surface area contributed by atoms with Gasteiger partial charge in [0.25, 0.3) is 0 Å². The quantitative estimate of drug-likeness (QED) is 0.492. The SMILES string of the molecule is C=C[C@@H]1CC(OC(C)=O)[C@H](C=C)C1. The minimum Gasteiger partial charge on any atom is -0.462 e. The van der Waals surface area contributed by atoms with Crippen molar-refractivity contribution in [1.29, 1.82) is 0 Å². The first-order valence-corrected chi connectivity index (χ1v) is 4.59. The maximum atomic E-state index is 10.8. The summed E-state index contributed by atoms with van der Waals surface area (Å²) in [6, 6.07) is 0. The summed E-state index contributed by atoms with van der Waals surface area (Å²) in [6.45, 7) is 8.94. The Morgan fingerprint density at radius 1 is 1.38 bits per heavy atom. The highest BCUT2D eigenvalue weighted by molar-refractivity contribution is 5.66. The lowest BCUT2D eigenvalue weighted by Gasteiger charge is -2.15. The average Bonchev–Trinajstić information content (AvgIpc) is 2.46. The van der Waals surface area contributed by atoms with Gasteiger partial charge in [0, 0.05) is 12.8 Å². The molecule has 3 atom stereocenters. The number of carbonyl (C=O) groups is 1. The van der Waals surface area contributed by atoms with E-state index < -0.39 is 0 Å². The molecule has 0 N–H and O–H groups in total. The summed E-state index contributed by atoms with van der Waals surface area (Å²) in [4.78, 5) is 10.8. The van der Waals surface area contributed by atoms with Crippen LogP contribution in [0.25, 0.3) is 0 Å². The van der Waals surface area contributed by atoms with E-state index in [-0.39, 0.29) is 12.1 Å². The number of esters is 1. The van der Waals surface area contributed by atoms with E-state index in [1.807, 2.05) is 12.2 Å². The Bertz CT molecular complexity index is 220. The summed E-state index contributed by atoms with van der Waals surface area (Å²) in [6.07, 6.45) is 5.71. The van der Waals surface area contributed by atoms with Crippen LogP contribution in [0, 0.1) is 11.8 Å². The van der Waals surface area contributed by atoms with Crippen LogP contribution in [0.5, 0.6) is 0 Å². The first kappa shape index (κ1) is 10.0. The Balaban J connectivity index is 2.57. The fraction of sp³-hybridized carbons (Fsp3) is 0.545. The molecule has 0 bridgehead atoms. The molecule has 1 rings (SSSR count). The van der Waals surface area contributed by atoms with Crippen molar-refractivity contribution in [2.75, 3.05) is 0 Å². The first-order valence-electron chi connectivity index (χ1n) is 4.59. The lowest BCUT2D eigenvalue weighted by molar-refractivity contribution is -0.147. The van der Waals surface area contributed by atoms with Gasteiger partial charge in [0.05, 0.1) is 0 Å². The zero-order valence-corrected chi connectivity index (χ0v) is 8.03. The van der Waals surface area contributed by atoms with Gasteiger partial charge in [-0.25, -0.2) is 0 Å². The summed E-state index contributed by atoms with van der Waals surface area (Å²) in [5, 5.41) is 0. The van der Waals surface area contributed by atoms with Crippen molar-refractivity contribution in [3.63, 3.8) is 0 Å². The third kappa shape index (κ3) is 2.44. The van der Waals surface area contributed by atoms with E-state index in [0.29, 0.717) is 11.8 Å². The van der Waals surface area contributed by atoms with Crippen molar-refractivity contribution in [1.82, 2.24) is 0 Å². The van der Waals surface area contributed by atoms with Crippen LogP contribution in [0.4, 0.5) is 0 Å². The molecular weight excluding hydrogens is 164 g/mol. The van der Waals surface area contributed by atoms with Gasteiger partial charge in [-0.05, 0) is 18.8 Å². The molecule has 0 amide bonds. The monoisotopic (exact) mass is 180 g/mol. The smallest absolute Gasteiger partial charge is 0.302 e. The molecule has 0 aromatic carbocycles. The molecule has 0 aromatic rings.